The molecule has 0 aliphatic carbocycles. The molecule has 0 amide bonds. The second kappa shape index (κ2) is 5.48. The number of ether oxygens (including phenoxy) is 1. The first-order valence-corrected chi connectivity index (χ1v) is 6.75. The van der Waals surface area contributed by atoms with Crippen molar-refractivity contribution >= 4 is 0 Å². The van der Waals surface area contributed by atoms with Gasteiger partial charge in [0.25, 0.3) is 0 Å². The molecule has 0 spiro atoms. The van der Waals surface area contributed by atoms with E-state index in [1.807, 2.05) is 7.11 Å². The van der Waals surface area contributed by atoms with Crippen molar-refractivity contribution in [3.63, 3.8) is 0 Å². The average molecular weight is 226 g/mol. The van der Waals surface area contributed by atoms with E-state index in [0.29, 0.717) is 6.10 Å². The van der Waals surface area contributed by atoms with Crippen molar-refractivity contribution in [3.05, 3.63) is 0 Å². The van der Waals surface area contributed by atoms with Gasteiger partial charge in [0.2, 0.25) is 0 Å². The van der Waals surface area contributed by atoms with E-state index in [2.05, 4.69) is 23.6 Å². The van der Waals surface area contributed by atoms with Crippen LogP contribution in [0.3, 0.4) is 0 Å². The van der Waals surface area contributed by atoms with Crippen LogP contribution < -0.4 is 0 Å². The van der Waals surface area contributed by atoms with E-state index in [0.717, 1.165) is 25.2 Å². The lowest BCUT2D eigenvalue weighted by Crippen LogP contribution is -2.58. The van der Waals surface area contributed by atoms with Crippen LogP contribution in [-0.2, 0) is 4.74 Å². The van der Waals surface area contributed by atoms with Crippen LogP contribution in [0.4, 0.5) is 0 Å². The van der Waals surface area contributed by atoms with E-state index in [-0.39, 0.29) is 0 Å². The Kier molecular flexibility index (Phi) is 4.22. The van der Waals surface area contributed by atoms with Crippen LogP contribution in [0, 0.1) is 0 Å². The van der Waals surface area contributed by atoms with E-state index in [9.17, 15) is 0 Å². The molecule has 16 heavy (non-hydrogen) atoms. The summed E-state index contributed by atoms with van der Waals surface area (Å²) < 4.78 is 5.33. The van der Waals surface area contributed by atoms with Crippen molar-refractivity contribution in [2.45, 2.75) is 51.3 Å². The number of hydrogen-bond donors (Lipinski definition) is 0. The zero-order valence-electron chi connectivity index (χ0n) is 11.0. The Morgan fingerprint density at radius 2 is 1.88 bits per heavy atom. The first-order valence-electron chi connectivity index (χ1n) is 6.75. The van der Waals surface area contributed by atoms with Gasteiger partial charge >= 0.3 is 0 Å². The quantitative estimate of drug-likeness (QED) is 0.724. The number of likely N-dealkylation sites (tertiary alicyclic amines) is 2. The molecule has 0 aromatic carbocycles. The molecular weight excluding hydrogens is 200 g/mol. The summed E-state index contributed by atoms with van der Waals surface area (Å²) in [6.07, 6.45) is 4.48. The summed E-state index contributed by atoms with van der Waals surface area (Å²) in [7, 11) is 1.83. The van der Waals surface area contributed by atoms with Crippen molar-refractivity contribution in [3.8, 4) is 0 Å². The molecule has 0 aromatic rings. The van der Waals surface area contributed by atoms with Gasteiger partial charge in [-0.15, -0.1) is 0 Å². The largest absolute Gasteiger partial charge is 0.379 e. The molecule has 0 N–H and O–H groups in total. The molecule has 2 aliphatic rings. The summed E-state index contributed by atoms with van der Waals surface area (Å²) >= 11 is 0. The maximum Gasteiger partial charge on any atom is 0.0825 e. The maximum atomic E-state index is 5.33. The number of piperidine rings is 1. The molecule has 1 unspecified atom stereocenters. The highest BCUT2D eigenvalue weighted by Crippen LogP contribution is 2.24. The molecule has 3 nitrogen and oxygen atoms in total. The van der Waals surface area contributed by atoms with Gasteiger partial charge in [-0.05, 0) is 39.3 Å². The second-order valence-electron chi connectivity index (χ2n) is 5.34. The topological polar surface area (TPSA) is 15.7 Å². The van der Waals surface area contributed by atoms with Crippen LogP contribution in [0.15, 0.2) is 0 Å². The Labute approximate surface area is 99.7 Å². The third kappa shape index (κ3) is 2.58. The molecule has 2 rings (SSSR count). The fourth-order valence-corrected chi connectivity index (χ4v) is 2.87. The minimum Gasteiger partial charge on any atom is -0.379 e. The van der Waals surface area contributed by atoms with E-state index < -0.39 is 0 Å². The zero-order valence-corrected chi connectivity index (χ0v) is 11.0. The van der Waals surface area contributed by atoms with Gasteiger partial charge in [-0.25, -0.2) is 0 Å². The highest BCUT2D eigenvalue weighted by atomic mass is 16.5. The highest BCUT2D eigenvalue weighted by Gasteiger charge is 2.34. The van der Waals surface area contributed by atoms with Crippen LogP contribution in [0.25, 0.3) is 0 Å². The van der Waals surface area contributed by atoms with E-state index in [4.69, 9.17) is 4.74 Å². The molecule has 3 heteroatoms. The van der Waals surface area contributed by atoms with Gasteiger partial charge in [0.05, 0.1) is 6.10 Å². The minimum absolute atomic E-state index is 0.507. The van der Waals surface area contributed by atoms with Crippen molar-refractivity contribution in [1.29, 1.82) is 0 Å². The van der Waals surface area contributed by atoms with Gasteiger partial charge in [0, 0.05) is 32.3 Å². The summed E-state index contributed by atoms with van der Waals surface area (Å²) in [5.74, 6) is 0. The lowest BCUT2D eigenvalue weighted by atomic mass is 9.97. The average Bonchev–Trinajstić information content (AvgIpc) is 2.27. The van der Waals surface area contributed by atoms with Crippen LogP contribution in [0.1, 0.15) is 33.1 Å². The monoisotopic (exact) mass is 226 g/mol. The van der Waals surface area contributed by atoms with E-state index in [1.54, 1.807) is 0 Å². The van der Waals surface area contributed by atoms with Crippen molar-refractivity contribution < 1.29 is 4.74 Å². The third-order valence-electron chi connectivity index (χ3n) is 4.44. The predicted octanol–water partition coefficient (Wildman–Crippen LogP) is 1.58. The fourth-order valence-electron chi connectivity index (χ4n) is 2.87. The normalized spacial score (nSPS) is 27.9. The van der Waals surface area contributed by atoms with Gasteiger partial charge in [0.1, 0.15) is 0 Å². The Bertz CT molecular complexity index is 208. The Hall–Kier alpha value is -0.120. The molecule has 2 saturated heterocycles. The van der Waals surface area contributed by atoms with Gasteiger partial charge < -0.3 is 9.64 Å². The summed E-state index contributed by atoms with van der Waals surface area (Å²) in [5, 5.41) is 0. The zero-order chi connectivity index (χ0) is 11.5. The van der Waals surface area contributed by atoms with Crippen LogP contribution in [0.5, 0.6) is 0 Å². The Morgan fingerprint density at radius 3 is 2.38 bits per heavy atom. The smallest absolute Gasteiger partial charge is 0.0825 e. The lowest BCUT2D eigenvalue weighted by Gasteiger charge is -2.47. The summed E-state index contributed by atoms with van der Waals surface area (Å²) in [5.41, 5.74) is 0. The number of hydrogen-bond acceptors (Lipinski definition) is 3. The van der Waals surface area contributed by atoms with Crippen molar-refractivity contribution in [1.82, 2.24) is 9.80 Å². The van der Waals surface area contributed by atoms with Crippen LogP contribution in [0.2, 0.25) is 0 Å². The molecule has 0 radical (unpaired) electrons. The number of nitrogens with zero attached hydrogens (tertiary/aromatic N) is 2. The van der Waals surface area contributed by atoms with Gasteiger partial charge in [0.15, 0.2) is 0 Å². The summed E-state index contributed by atoms with van der Waals surface area (Å²) in [6, 6.07) is 1.59. The molecule has 0 aromatic heterocycles. The third-order valence-corrected chi connectivity index (χ3v) is 4.44. The molecule has 0 saturated carbocycles. The van der Waals surface area contributed by atoms with E-state index >= 15 is 0 Å². The second-order valence-corrected chi connectivity index (χ2v) is 5.34. The SMILES string of the molecule is CCC(C)N1CCC(N2CC(OC)C2)CC1. The summed E-state index contributed by atoms with van der Waals surface area (Å²) in [6.45, 7) is 9.52. The number of rotatable bonds is 4. The molecule has 94 valence electrons. The Morgan fingerprint density at radius 1 is 1.25 bits per heavy atom. The molecule has 2 fully saturated rings. The molecule has 2 heterocycles. The molecular formula is C13H26N2O. The molecule has 2 aliphatic heterocycles. The predicted molar refractivity (Wildman–Crippen MR) is 66.7 cm³/mol. The maximum absolute atomic E-state index is 5.33. The van der Waals surface area contributed by atoms with Crippen LogP contribution in [-0.4, -0.2) is 61.3 Å². The fraction of sp³-hybridized carbons (Fsp3) is 1.00. The van der Waals surface area contributed by atoms with Gasteiger partial charge in [-0.2, -0.15) is 0 Å². The summed E-state index contributed by atoms with van der Waals surface area (Å²) in [4.78, 5) is 5.24. The lowest BCUT2D eigenvalue weighted by molar-refractivity contribution is -0.0634. The Balaban J connectivity index is 1.70. The van der Waals surface area contributed by atoms with Crippen molar-refractivity contribution in [2.75, 3.05) is 33.3 Å². The molecule has 1 atom stereocenters. The van der Waals surface area contributed by atoms with Crippen LogP contribution >= 0.6 is 0 Å². The highest BCUT2D eigenvalue weighted by molar-refractivity contribution is 4.89. The van der Waals surface area contributed by atoms with Gasteiger partial charge in [-0.3, -0.25) is 4.90 Å². The standard InChI is InChI=1S/C13H26N2O/c1-4-11(2)14-7-5-12(6-8-14)15-9-13(10-15)16-3/h11-13H,4-10H2,1-3H3. The minimum atomic E-state index is 0.507. The van der Waals surface area contributed by atoms with Gasteiger partial charge in [-0.1, -0.05) is 6.92 Å². The molecule has 0 bridgehead atoms. The van der Waals surface area contributed by atoms with E-state index in [1.165, 1.54) is 32.4 Å². The first kappa shape index (κ1) is 12.3. The first-order chi connectivity index (χ1) is 7.74. The van der Waals surface area contributed by atoms with Crippen molar-refractivity contribution in [2.24, 2.45) is 0 Å². The number of methoxy groups -OCH3 is 1.